The molecule has 2 N–H and O–H groups in total. The molecule has 1 unspecified atom stereocenters. The summed E-state index contributed by atoms with van der Waals surface area (Å²) in [5.41, 5.74) is 0.640. The van der Waals surface area contributed by atoms with Crippen LogP contribution in [0.3, 0.4) is 0 Å². The van der Waals surface area contributed by atoms with E-state index in [0.29, 0.717) is 24.3 Å². The first kappa shape index (κ1) is 8.87. The fraction of sp³-hybridized carbons (Fsp3) is 0.300. The molecule has 0 fully saturated rings. The molecule has 0 amide bonds. The van der Waals surface area contributed by atoms with E-state index in [-0.39, 0.29) is 5.75 Å². The minimum atomic E-state index is -0.847. The number of phenolic OH excluding ortho intramolecular Hbond substituents is 1. The van der Waals surface area contributed by atoms with Crippen LogP contribution >= 0.6 is 0 Å². The Hall–Kier alpha value is -1.71. The number of fused-ring (bicyclic) bond motifs is 1. The number of carboxylic acids is 1. The van der Waals surface area contributed by atoms with Gasteiger partial charge < -0.3 is 14.9 Å². The van der Waals surface area contributed by atoms with E-state index >= 15 is 0 Å². The van der Waals surface area contributed by atoms with E-state index in [0.717, 1.165) is 0 Å². The summed E-state index contributed by atoms with van der Waals surface area (Å²) < 4.78 is 5.26. The second-order valence-corrected chi connectivity index (χ2v) is 3.25. The van der Waals surface area contributed by atoms with Crippen LogP contribution in [-0.4, -0.2) is 22.8 Å². The van der Waals surface area contributed by atoms with E-state index in [1.807, 2.05) is 0 Å². The summed E-state index contributed by atoms with van der Waals surface area (Å²) in [6.45, 7) is 0.382. The third kappa shape index (κ3) is 1.39. The monoisotopic (exact) mass is 194 g/mol. The zero-order valence-corrected chi connectivity index (χ0v) is 7.43. The number of hydrogen-bond acceptors (Lipinski definition) is 3. The van der Waals surface area contributed by atoms with E-state index in [2.05, 4.69) is 0 Å². The second kappa shape index (κ2) is 3.21. The fourth-order valence-electron chi connectivity index (χ4n) is 1.63. The van der Waals surface area contributed by atoms with Crippen molar-refractivity contribution >= 4 is 5.97 Å². The molecule has 1 aromatic rings. The first-order chi connectivity index (χ1) is 6.68. The van der Waals surface area contributed by atoms with Gasteiger partial charge in [-0.25, -0.2) is 0 Å². The van der Waals surface area contributed by atoms with Crippen LogP contribution in [0, 0.1) is 0 Å². The van der Waals surface area contributed by atoms with Gasteiger partial charge in [-0.05, 0) is 12.5 Å². The third-order valence-corrected chi connectivity index (χ3v) is 2.33. The van der Waals surface area contributed by atoms with Gasteiger partial charge in [-0.1, -0.05) is 6.07 Å². The minimum absolute atomic E-state index is 0.0924. The zero-order valence-electron chi connectivity index (χ0n) is 7.43. The van der Waals surface area contributed by atoms with Crippen LogP contribution in [0.1, 0.15) is 17.9 Å². The van der Waals surface area contributed by atoms with Gasteiger partial charge in [-0.3, -0.25) is 4.79 Å². The molecule has 0 aliphatic carbocycles. The quantitative estimate of drug-likeness (QED) is 0.708. The maximum absolute atomic E-state index is 10.9. The molecule has 0 saturated carbocycles. The molecule has 0 bridgehead atoms. The topological polar surface area (TPSA) is 66.8 Å². The molecular weight excluding hydrogens is 184 g/mol. The maximum atomic E-state index is 10.9. The largest absolute Gasteiger partial charge is 0.508 e. The number of carbonyl (C=O) groups is 1. The average Bonchev–Trinajstić information content (AvgIpc) is 2.16. The Bertz CT molecular complexity index is 372. The molecule has 1 aromatic carbocycles. The Balaban J connectivity index is 2.44. The lowest BCUT2D eigenvalue weighted by molar-refractivity contribution is -0.139. The number of ether oxygens (including phenoxy) is 1. The van der Waals surface area contributed by atoms with Gasteiger partial charge in [0.2, 0.25) is 0 Å². The molecule has 1 aliphatic heterocycles. The van der Waals surface area contributed by atoms with Crippen molar-refractivity contribution in [3.8, 4) is 11.5 Å². The predicted octanol–water partition coefficient (Wildman–Crippen LogP) is 1.34. The number of phenols is 1. The van der Waals surface area contributed by atoms with Gasteiger partial charge in [0.05, 0.1) is 12.5 Å². The Morgan fingerprint density at radius 1 is 1.50 bits per heavy atom. The van der Waals surface area contributed by atoms with E-state index < -0.39 is 11.9 Å². The van der Waals surface area contributed by atoms with E-state index in [1.165, 1.54) is 12.1 Å². The highest BCUT2D eigenvalue weighted by Gasteiger charge is 2.27. The van der Waals surface area contributed by atoms with Crippen molar-refractivity contribution in [1.82, 2.24) is 0 Å². The lowest BCUT2D eigenvalue weighted by atomic mass is 9.93. The molecule has 0 aromatic heterocycles. The molecule has 14 heavy (non-hydrogen) atoms. The smallest absolute Gasteiger partial charge is 0.311 e. The van der Waals surface area contributed by atoms with Gasteiger partial charge in [0.1, 0.15) is 11.5 Å². The lowest BCUT2D eigenvalue weighted by Gasteiger charge is -2.22. The zero-order chi connectivity index (χ0) is 10.1. The van der Waals surface area contributed by atoms with Gasteiger partial charge in [0.15, 0.2) is 0 Å². The van der Waals surface area contributed by atoms with E-state index in [1.54, 1.807) is 6.07 Å². The molecule has 4 heteroatoms. The standard InChI is InChI=1S/C10H10O4/c11-6-1-2-7-8(10(12)13)3-4-14-9(7)5-6/h1-2,5,8,11H,3-4H2,(H,12,13). The molecule has 4 nitrogen and oxygen atoms in total. The molecule has 1 aliphatic rings. The molecule has 0 spiro atoms. The molecule has 0 saturated heterocycles. The maximum Gasteiger partial charge on any atom is 0.311 e. The van der Waals surface area contributed by atoms with Crippen LogP contribution in [0.4, 0.5) is 0 Å². The predicted molar refractivity (Wildman–Crippen MR) is 48.6 cm³/mol. The minimum Gasteiger partial charge on any atom is -0.508 e. The van der Waals surface area contributed by atoms with Gasteiger partial charge in [0, 0.05) is 11.6 Å². The Morgan fingerprint density at radius 2 is 2.29 bits per heavy atom. The molecule has 2 rings (SSSR count). The van der Waals surface area contributed by atoms with Crippen molar-refractivity contribution in [3.05, 3.63) is 23.8 Å². The van der Waals surface area contributed by atoms with Crippen LogP contribution in [-0.2, 0) is 4.79 Å². The van der Waals surface area contributed by atoms with E-state index in [4.69, 9.17) is 9.84 Å². The summed E-state index contributed by atoms with van der Waals surface area (Å²) >= 11 is 0. The molecule has 0 radical (unpaired) electrons. The molecule has 74 valence electrons. The molecule has 1 atom stereocenters. The Kier molecular flexibility index (Phi) is 2.04. The summed E-state index contributed by atoms with van der Waals surface area (Å²) in [5, 5.41) is 18.1. The lowest BCUT2D eigenvalue weighted by Crippen LogP contribution is -2.20. The Labute approximate surface area is 80.7 Å². The van der Waals surface area contributed by atoms with Gasteiger partial charge in [0.25, 0.3) is 0 Å². The van der Waals surface area contributed by atoms with Gasteiger partial charge >= 0.3 is 5.97 Å². The Morgan fingerprint density at radius 3 is 3.00 bits per heavy atom. The number of rotatable bonds is 1. The van der Waals surface area contributed by atoms with Crippen LogP contribution in [0.15, 0.2) is 18.2 Å². The van der Waals surface area contributed by atoms with Crippen molar-refractivity contribution in [2.24, 2.45) is 0 Å². The van der Waals surface area contributed by atoms with E-state index in [9.17, 15) is 9.90 Å². The fourth-order valence-corrected chi connectivity index (χ4v) is 1.63. The number of benzene rings is 1. The van der Waals surface area contributed by atoms with Crippen molar-refractivity contribution in [2.75, 3.05) is 6.61 Å². The number of aromatic hydroxyl groups is 1. The third-order valence-electron chi connectivity index (χ3n) is 2.33. The van der Waals surface area contributed by atoms with Crippen molar-refractivity contribution in [1.29, 1.82) is 0 Å². The van der Waals surface area contributed by atoms with Crippen LogP contribution < -0.4 is 4.74 Å². The number of carboxylic acid groups (broad SMARTS) is 1. The highest BCUT2D eigenvalue weighted by Crippen LogP contribution is 2.35. The van der Waals surface area contributed by atoms with Gasteiger partial charge in [-0.15, -0.1) is 0 Å². The first-order valence-corrected chi connectivity index (χ1v) is 4.37. The molecular formula is C10H10O4. The first-order valence-electron chi connectivity index (χ1n) is 4.37. The highest BCUT2D eigenvalue weighted by molar-refractivity contribution is 5.77. The van der Waals surface area contributed by atoms with Crippen molar-refractivity contribution in [2.45, 2.75) is 12.3 Å². The van der Waals surface area contributed by atoms with Crippen LogP contribution in [0.2, 0.25) is 0 Å². The van der Waals surface area contributed by atoms with Crippen LogP contribution in [0.5, 0.6) is 11.5 Å². The summed E-state index contributed by atoms with van der Waals surface area (Å²) in [7, 11) is 0. The number of aliphatic carboxylic acids is 1. The summed E-state index contributed by atoms with van der Waals surface area (Å²) in [6, 6.07) is 4.52. The molecule has 1 heterocycles. The summed E-state index contributed by atoms with van der Waals surface area (Å²) in [5.74, 6) is -0.793. The number of hydrogen-bond donors (Lipinski definition) is 2. The van der Waals surface area contributed by atoms with Crippen molar-refractivity contribution < 1.29 is 19.7 Å². The SMILES string of the molecule is O=C(O)C1CCOc2cc(O)ccc21. The highest BCUT2D eigenvalue weighted by atomic mass is 16.5. The second-order valence-electron chi connectivity index (χ2n) is 3.25. The average molecular weight is 194 g/mol. The van der Waals surface area contributed by atoms with Crippen LogP contribution in [0.25, 0.3) is 0 Å². The van der Waals surface area contributed by atoms with Gasteiger partial charge in [-0.2, -0.15) is 0 Å². The van der Waals surface area contributed by atoms with Crippen molar-refractivity contribution in [3.63, 3.8) is 0 Å². The normalized spacial score (nSPS) is 19.6. The summed E-state index contributed by atoms with van der Waals surface area (Å²) in [4.78, 5) is 10.9. The summed E-state index contributed by atoms with van der Waals surface area (Å²) in [6.07, 6.45) is 0.479.